The molecule has 0 aliphatic carbocycles. The first kappa shape index (κ1) is 11.0. The fraction of sp³-hybridized carbons (Fsp3) is 0.417. The van der Waals surface area contributed by atoms with Gasteiger partial charge in [-0.3, -0.25) is 0 Å². The van der Waals surface area contributed by atoms with Crippen LogP contribution < -0.4 is 9.47 Å². The molecular weight excluding hydrogens is 208 g/mol. The lowest BCUT2D eigenvalue weighted by Crippen LogP contribution is -2.16. The molecule has 0 amide bonds. The summed E-state index contributed by atoms with van der Waals surface area (Å²) in [4.78, 5) is 11.5. The van der Waals surface area contributed by atoms with Crippen LogP contribution in [0.2, 0.25) is 0 Å². The van der Waals surface area contributed by atoms with E-state index in [2.05, 4.69) is 0 Å². The molecule has 0 radical (unpaired) electrons. The van der Waals surface area contributed by atoms with E-state index in [1.165, 1.54) is 0 Å². The topological polar surface area (TPSA) is 48.1 Å². The molecular formula is C12H14O4. The molecule has 4 heteroatoms. The van der Waals surface area contributed by atoms with Gasteiger partial charge >= 0.3 is 5.97 Å². The Balaban J connectivity index is 2.24. The van der Waals surface area contributed by atoms with E-state index in [-0.39, 0.29) is 5.97 Å². The molecule has 1 fully saturated rings. The first-order chi connectivity index (χ1) is 7.76. The number of benzene rings is 1. The maximum absolute atomic E-state index is 11.5. The fourth-order valence-electron chi connectivity index (χ4n) is 1.47. The molecule has 2 rings (SSSR count). The van der Waals surface area contributed by atoms with Crippen molar-refractivity contribution >= 4 is 5.97 Å². The van der Waals surface area contributed by atoms with Gasteiger partial charge in [-0.25, -0.2) is 4.79 Å². The van der Waals surface area contributed by atoms with Crippen LogP contribution in [0.1, 0.15) is 12.5 Å². The summed E-state index contributed by atoms with van der Waals surface area (Å²) in [6.07, 6.45) is 0.389. The maximum Gasteiger partial charge on any atom is 0.343 e. The molecule has 16 heavy (non-hydrogen) atoms. The van der Waals surface area contributed by atoms with Crippen molar-refractivity contribution < 1.29 is 19.0 Å². The molecule has 0 N–H and O–H groups in total. The standard InChI is InChI=1S/C12H14O4/c1-3-8-5-4-6-9(14-2)11(8)16-12(13)10-7-15-10/h4-6,10H,3,7H2,1-2H3. The summed E-state index contributed by atoms with van der Waals surface area (Å²) in [6, 6.07) is 5.57. The second-order valence-corrected chi connectivity index (χ2v) is 3.55. The van der Waals surface area contributed by atoms with Crippen LogP contribution in [0.4, 0.5) is 0 Å². The summed E-state index contributed by atoms with van der Waals surface area (Å²) in [6.45, 7) is 2.45. The van der Waals surface area contributed by atoms with Gasteiger partial charge in [-0.2, -0.15) is 0 Å². The van der Waals surface area contributed by atoms with Gasteiger partial charge in [0.15, 0.2) is 17.6 Å². The van der Waals surface area contributed by atoms with E-state index in [0.29, 0.717) is 18.1 Å². The number of carbonyl (C=O) groups excluding carboxylic acids is 1. The molecule has 1 saturated heterocycles. The Morgan fingerprint density at radius 2 is 2.31 bits per heavy atom. The highest BCUT2D eigenvalue weighted by molar-refractivity contribution is 5.80. The number of carbonyl (C=O) groups is 1. The summed E-state index contributed by atoms with van der Waals surface area (Å²) in [7, 11) is 1.56. The molecule has 0 saturated carbocycles. The average Bonchev–Trinajstić information content (AvgIpc) is 3.13. The van der Waals surface area contributed by atoms with Crippen LogP contribution >= 0.6 is 0 Å². The number of ether oxygens (including phenoxy) is 3. The van der Waals surface area contributed by atoms with E-state index in [4.69, 9.17) is 14.2 Å². The lowest BCUT2D eigenvalue weighted by molar-refractivity contribution is -0.135. The number of hydrogen-bond donors (Lipinski definition) is 0. The third-order valence-corrected chi connectivity index (χ3v) is 2.46. The van der Waals surface area contributed by atoms with Crippen LogP contribution in [-0.2, 0) is 16.0 Å². The van der Waals surface area contributed by atoms with Crippen LogP contribution in [0, 0.1) is 0 Å². The van der Waals surface area contributed by atoms with E-state index in [9.17, 15) is 4.79 Å². The Morgan fingerprint density at radius 3 is 2.88 bits per heavy atom. The summed E-state index contributed by atoms with van der Waals surface area (Å²) in [5.74, 6) is 0.737. The minimum Gasteiger partial charge on any atom is -0.493 e. The largest absolute Gasteiger partial charge is 0.493 e. The predicted octanol–water partition coefficient (Wildman–Crippen LogP) is 1.56. The van der Waals surface area contributed by atoms with Gasteiger partial charge in [-0.05, 0) is 18.1 Å². The normalized spacial score (nSPS) is 18.0. The fourth-order valence-corrected chi connectivity index (χ4v) is 1.47. The third kappa shape index (κ3) is 2.17. The van der Waals surface area contributed by atoms with E-state index < -0.39 is 6.10 Å². The second kappa shape index (κ2) is 4.53. The lowest BCUT2D eigenvalue weighted by Gasteiger charge is -2.11. The molecule has 1 aliphatic rings. The second-order valence-electron chi connectivity index (χ2n) is 3.55. The average molecular weight is 222 g/mol. The highest BCUT2D eigenvalue weighted by atomic mass is 16.6. The Kier molecular flexibility index (Phi) is 3.10. The lowest BCUT2D eigenvalue weighted by atomic mass is 10.1. The van der Waals surface area contributed by atoms with Crippen molar-refractivity contribution in [2.75, 3.05) is 13.7 Å². The van der Waals surface area contributed by atoms with Crippen LogP contribution in [0.5, 0.6) is 11.5 Å². The minimum atomic E-state index is -0.394. The maximum atomic E-state index is 11.5. The van der Waals surface area contributed by atoms with Crippen LogP contribution in [0.3, 0.4) is 0 Å². The number of aryl methyl sites for hydroxylation is 1. The Labute approximate surface area is 94.1 Å². The van der Waals surface area contributed by atoms with Crippen LogP contribution in [-0.4, -0.2) is 25.8 Å². The van der Waals surface area contributed by atoms with Crippen molar-refractivity contribution in [2.45, 2.75) is 19.4 Å². The van der Waals surface area contributed by atoms with Gasteiger partial charge in [0.25, 0.3) is 0 Å². The van der Waals surface area contributed by atoms with E-state index in [1.807, 2.05) is 19.1 Å². The van der Waals surface area contributed by atoms with Gasteiger partial charge < -0.3 is 14.2 Å². The van der Waals surface area contributed by atoms with Crippen molar-refractivity contribution in [3.8, 4) is 11.5 Å². The highest BCUT2D eigenvalue weighted by Crippen LogP contribution is 2.32. The molecule has 1 aromatic carbocycles. The van der Waals surface area contributed by atoms with Gasteiger partial charge in [0, 0.05) is 0 Å². The van der Waals surface area contributed by atoms with Crippen molar-refractivity contribution in [2.24, 2.45) is 0 Å². The number of epoxide rings is 1. The van der Waals surface area contributed by atoms with Gasteiger partial charge in [0.05, 0.1) is 13.7 Å². The molecule has 0 bridgehead atoms. The SMILES string of the molecule is CCc1cccc(OC)c1OC(=O)C1CO1. The number of para-hydroxylation sites is 1. The predicted molar refractivity (Wildman–Crippen MR) is 57.7 cm³/mol. The summed E-state index contributed by atoms with van der Waals surface area (Å²) in [5, 5.41) is 0. The molecule has 1 atom stereocenters. The summed E-state index contributed by atoms with van der Waals surface area (Å²) < 4.78 is 15.3. The first-order valence-electron chi connectivity index (χ1n) is 5.25. The molecule has 1 unspecified atom stereocenters. The van der Waals surface area contributed by atoms with Crippen LogP contribution in [0.25, 0.3) is 0 Å². The third-order valence-electron chi connectivity index (χ3n) is 2.46. The molecule has 0 spiro atoms. The zero-order chi connectivity index (χ0) is 11.5. The smallest absolute Gasteiger partial charge is 0.343 e. The van der Waals surface area contributed by atoms with E-state index >= 15 is 0 Å². The number of rotatable bonds is 4. The van der Waals surface area contributed by atoms with Crippen molar-refractivity contribution in [3.63, 3.8) is 0 Å². The van der Waals surface area contributed by atoms with E-state index in [0.717, 1.165) is 12.0 Å². The highest BCUT2D eigenvalue weighted by Gasteiger charge is 2.34. The zero-order valence-electron chi connectivity index (χ0n) is 9.36. The van der Waals surface area contributed by atoms with Crippen LogP contribution in [0.15, 0.2) is 18.2 Å². The van der Waals surface area contributed by atoms with Gasteiger partial charge in [0.2, 0.25) is 0 Å². The molecule has 86 valence electrons. The summed E-state index contributed by atoms with van der Waals surface area (Å²) >= 11 is 0. The van der Waals surface area contributed by atoms with Gasteiger partial charge in [0.1, 0.15) is 0 Å². The number of methoxy groups -OCH3 is 1. The Hall–Kier alpha value is -1.55. The zero-order valence-corrected chi connectivity index (χ0v) is 9.36. The van der Waals surface area contributed by atoms with Crippen molar-refractivity contribution in [1.29, 1.82) is 0 Å². The monoisotopic (exact) mass is 222 g/mol. The van der Waals surface area contributed by atoms with Crippen molar-refractivity contribution in [3.05, 3.63) is 23.8 Å². The van der Waals surface area contributed by atoms with Gasteiger partial charge in [-0.1, -0.05) is 19.1 Å². The number of hydrogen-bond acceptors (Lipinski definition) is 4. The minimum absolute atomic E-state index is 0.348. The number of esters is 1. The van der Waals surface area contributed by atoms with Crippen molar-refractivity contribution in [1.82, 2.24) is 0 Å². The first-order valence-corrected chi connectivity index (χ1v) is 5.25. The molecule has 1 aromatic rings. The quantitative estimate of drug-likeness (QED) is 0.440. The molecule has 0 aromatic heterocycles. The Morgan fingerprint density at radius 1 is 1.56 bits per heavy atom. The molecule has 1 aliphatic heterocycles. The molecule has 1 heterocycles. The van der Waals surface area contributed by atoms with Gasteiger partial charge in [-0.15, -0.1) is 0 Å². The molecule has 4 nitrogen and oxygen atoms in total. The Bertz CT molecular complexity index is 374. The van der Waals surface area contributed by atoms with E-state index in [1.54, 1.807) is 13.2 Å². The summed E-state index contributed by atoms with van der Waals surface area (Å²) in [5.41, 5.74) is 0.952.